The van der Waals surface area contributed by atoms with Gasteiger partial charge in [-0.3, -0.25) is 0 Å². The molecule has 0 aliphatic heterocycles. The molecular weight excluding hydrogens is 306 g/mol. The van der Waals surface area contributed by atoms with E-state index < -0.39 is 0 Å². The van der Waals surface area contributed by atoms with Gasteiger partial charge in [0.1, 0.15) is 17.5 Å². The highest BCUT2D eigenvalue weighted by molar-refractivity contribution is 9.10. The molecule has 0 radical (unpaired) electrons. The molecule has 0 atom stereocenters. The van der Waals surface area contributed by atoms with Crippen LogP contribution in [-0.4, -0.2) is 12.1 Å². The molecule has 0 unspecified atom stereocenters. The number of aromatic nitrogens is 1. The van der Waals surface area contributed by atoms with Crippen molar-refractivity contribution in [3.05, 3.63) is 52.3 Å². The minimum Gasteiger partial charge on any atom is -0.497 e. The zero-order valence-corrected chi connectivity index (χ0v) is 11.9. The topological polar surface area (TPSA) is 57.9 Å². The molecule has 19 heavy (non-hydrogen) atoms. The van der Waals surface area contributed by atoms with Gasteiger partial charge in [0, 0.05) is 28.8 Å². The zero-order valence-electron chi connectivity index (χ0n) is 10.4. The second-order valence-electron chi connectivity index (χ2n) is 3.82. The number of nitriles is 1. The van der Waals surface area contributed by atoms with Crippen LogP contribution in [0.1, 0.15) is 11.3 Å². The Morgan fingerprint density at radius 1 is 1.42 bits per heavy atom. The molecule has 96 valence electrons. The van der Waals surface area contributed by atoms with Crippen molar-refractivity contribution in [1.29, 1.82) is 5.26 Å². The van der Waals surface area contributed by atoms with E-state index in [1.165, 1.54) is 0 Å². The number of nitrogens with zero attached hydrogens (tertiary/aromatic N) is 2. The van der Waals surface area contributed by atoms with Gasteiger partial charge in [-0.25, -0.2) is 4.98 Å². The Balaban J connectivity index is 2.17. The molecule has 0 fully saturated rings. The molecule has 5 heteroatoms. The third kappa shape index (κ3) is 3.24. The molecule has 0 spiro atoms. The quantitative estimate of drug-likeness (QED) is 0.939. The summed E-state index contributed by atoms with van der Waals surface area (Å²) in [6.07, 6.45) is 1.61. The van der Waals surface area contributed by atoms with Crippen LogP contribution in [0.4, 0.5) is 5.69 Å². The van der Waals surface area contributed by atoms with Crippen LogP contribution in [-0.2, 0) is 6.54 Å². The van der Waals surface area contributed by atoms with E-state index in [0.29, 0.717) is 12.2 Å². The molecule has 1 aromatic carbocycles. The summed E-state index contributed by atoms with van der Waals surface area (Å²) in [7, 11) is 1.63. The van der Waals surface area contributed by atoms with Crippen molar-refractivity contribution in [1.82, 2.24) is 4.98 Å². The molecule has 0 aliphatic rings. The van der Waals surface area contributed by atoms with Gasteiger partial charge in [0.05, 0.1) is 12.8 Å². The Morgan fingerprint density at radius 2 is 2.26 bits per heavy atom. The van der Waals surface area contributed by atoms with Crippen LogP contribution in [0.2, 0.25) is 0 Å². The number of halogens is 1. The normalized spacial score (nSPS) is 9.74. The van der Waals surface area contributed by atoms with Crippen LogP contribution >= 0.6 is 15.9 Å². The third-order valence-electron chi connectivity index (χ3n) is 2.64. The van der Waals surface area contributed by atoms with Crippen LogP contribution in [0.15, 0.2) is 41.0 Å². The number of rotatable bonds is 4. The van der Waals surface area contributed by atoms with Gasteiger partial charge < -0.3 is 10.1 Å². The molecule has 0 bridgehead atoms. The first-order chi connectivity index (χ1) is 9.24. The SMILES string of the molecule is COc1ccc(Br)c(NCc2cccnc2C#N)c1. The fourth-order valence-corrected chi connectivity index (χ4v) is 2.03. The van der Waals surface area contributed by atoms with E-state index in [9.17, 15) is 0 Å². The van der Waals surface area contributed by atoms with E-state index >= 15 is 0 Å². The monoisotopic (exact) mass is 317 g/mol. The van der Waals surface area contributed by atoms with Crippen molar-refractivity contribution in [3.8, 4) is 11.8 Å². The highest BCUT2D eigenvalue weighted by Gasteiger charge is 2.05. The van der Waals surface area contributed by atoms with Gasteiger partial charge >= 0.3 is 0 Å². The summed E-state index contributed by atoms with van der Waals surface area (Å²) < 4.78 is 6.12. The zero-order chi connectivity index (χ0) is 13.7. The van der Waals surface area contributed by atoms with E-state index in [1.54, 1.807) is 13.3 Å². The third-order valence-corrected chi connectivity index (χ3v) is 3.33. The predicted octanol–water partition coefficient (Wildman–Crippen LogP) is 3.34. The molecule has 1 aromatic heterocycles. The maximum atomic E-state index is 8.98. The van der Waals surface area contributed by atoms with Gasteiger partial charge in [0.2, 0.25) is 0 Å². The maximum absolute atomic E-state index is 8.98. The maximum Gasteiger partial charge on any atom is 0.145 e. The Hall–Kier alpha value is -2.06. The molecule has 0 saturated heterocycles. The number of hydrogen-bond donors (Lipinski definition) is 1. The lowest BCUT2D eigenvalue weighted by molar-refractivity contribution is 0.415. The fourth-order valence-electron chi connectivity index (χ4n) is 1.64. The number of benzene rings is 1. The van der Waals surface area contributed by atoms with Crippen molar-refractivity contribution in [2.75, 3.05) is 12.4 Å². The van der Waals surface area contributed by atoms with Crippen LogP contribution < -0.4 is 10.1 Å². The number of pyridine rings is 1. The van der Waals surface area contributed by atoms with E-state index in [4.69, 9.17) is 10.00 Å². The Morgan fingerprint density at radius 3 is 3.00 bits per heavy atom. The van der Waals surface area contributed by atoms with E-state index in [0.717, 1.165) is 21.5 Å². The summed E-state index contributed by atoms with van der Waals surface area (Å²) in [5.74, 6) is 0.775. The smallest absolute Gasteiger partial charge is 0.145 e. The van der Waals surface area contributed by atoms with Crippen LogP contribution in [0.5, 0.6) is 5.75 Å². The predicted molar refractivity (Wildman–Crippen MR) is 77.0 cm³/mol. The molecule has 2 rings (SSSR count). The van der Waals surface area contributed by atoms with Crippen molar-refractivity contribution < 1.29 is 4.74 Å². The summed E-state index contributed by atoms with van der Waals surface area (Å²) in [5, 5.41) is 12.2. The number of anilines is 1. The lowest BCUT2D eigenvalue weighted by atomic mass is 10.2. The van der Waals surface area contributed by atoms with Gasteiger partial charge in [0.15, 0.2) is 0 Å². The highest BCUT2D eigenvalue weighted by Crippen LogP contribution is 2.27. The molecule has 0 amide bonds. The molecule has 1 heterocycles. The molecule has 1 N–H and O–H groups in total. The average molecular weight is 318 g/mol. The number of hydrogen-bond acceptors (Lipinski definition) is 4. The fraction of sp³-hybridized carbons (Fsp3) is 0.143. The lowest BCUT2D eigenvalue weighted by Crippen LogP contribution is -2.03. The van der Waals surface area contributed by atoms with Gasteiger partial charge in [-0.15, -0.1) is 0 Å². The van der Waals surface area contributed by atoms with E-state index in [1.807, 2.05) is 30.3 Å². The highest BCUT2D eigenvalue weighted by atomic mass is 79.9. The summed E-state index contributed by atoms with van der Waals surface area (Å²) >= 11 is 3.47. The van der Waals surface area contributed by atoms with E-state index in [2.05, 4.69) is 32.3 Å². The standard InChI is InChI=1S/C14H12BrN3O/c1-19-11-4-5-12(15)13(7-11)18-9-10-3-2-6-17-14(10)8-16/h2-7,18H,9H2,1H3. The number of nitrogens with one attached hydrogen (secondary N) is 1. The second kappa shape index (κ2) is 6.21. The first-order valence-corrected chi connectivity index (χ1v) is 6.45. The van der Waals surface area contributed by atoms with Gasteiger partial charge in [0.25, 0.3) is 0 Å². The van der Waals surface area contributed by atoms with Gasteiger partial charge in [-0.1, -0.05) is 6.07 Å². The largest absolute Gasteiger partial charge is 0.497 e. The molecule has 4 nitrogen and oxygen atoms in total. The summed E-state index contributed by atoms with van der Waals surface area (Å²) in [6, 6.07) is 11.5. The van der Waals surface area contributed by atoms with Crippen molar-refractivity contribution in [2.24, 2.45) is 0 Å². The minimum absolute atomic E-state index is 0.439. The molecular formula is C14H12BrN3O. The van der Waals surface area contributed by atoms with Crippen molar-refractivity contribution >= 4 is 21.6 Å². The van der Waals surface area contributed by atoms with Gasteiger partial charge in [-0.2, -0.15) is 5.26 Å². The first-order valence-electron chi connectivity index (χ1n) is 5.66. The second-order valence-corrected chi connectivity index (χ2v) is 4.68. The van der Waals surface area contributed by atoms with Crippen LogP contribution in [0, 0.1) is 11.3 Å². The average Bonchev–Trinajstić information content (AvgIpc) is 2.46. The first kappa shape index (κ1) is 13.4. The van der Waals surface area contributed by atoms with Crippen LogP contribution in [0.25, 0.3) is 0 Å². The minimum atomic E-state index is 0.439. The molecule has 2 aromatic rings. The molecule has 0 aliphatic carbocycles. The van der Waals surface area contributed by atoms with E-state index in [-0.39, 0.29) is 0 Å². The lowest BCUT2D eigenvalue weighted by Gasteiger charge is -2.10. The Bertz CT molecular complexity index is 622. The Kier molecular flexibility index (Phi) is 4.37. The van der Waals surface area contributed by atoms with Crippen molar-refractivity contribution in [3.63, 3.8) is 0 Å². The molecule has 0 saturated carbocycles. The number of methoxy groups -OCH3 is 1. The summed E-state index contributed by atoms with van der Waals surface area (Å²) in [6.45, 7) is 0.530. The number of ether oxygens (including phenoxy) is 1. The van der Waals surface area contributed by atoms with Crippen molar-refractivity contribution in [2.45, 2.75) is 6.54 Å². The van der Waals surface area contributed by atoms with Crippen LogP contribution in [0.3, 0.4) is 0 Å². The van der Waals surface area contributed by atoms with Gasteiger partial charge in [-0.05, 0) is 34.1 Å². The summed E-state index contributed by atoms with van der Waals surface area (Å²) in [5.41, 5.74) is 2.21. The summed E-state index contributed by atoms with van der Waals surface area (Å²) in [4.78, 5) is 4.03. The Labute approximate surface area is 120 Å².